The third kappa shape index (κ3) is 6.40. The predicted octanol–water partition coefficient (Wildman–Crippen LogP) is 2.80. The third-order valence-corrected chi connectivity index (χ3v) is 6.86. The Bertz CT molecular complexity index is 746. The van der Waals surface area contributed by atoms with Gasteiger partial charge in [0.05, 0.1) is 11.4 Å². The van der Waals surface area contributed by atoms with E-state index >= 15 is 0 Å². The Morgan fingerprint density at radius 1 is 0.897 bits per heavy atom. The van der Waals surface area contributed by atoms with Gasteiger partial charge in [0.1, 0.15) is 11.6 Å². The van der Waals surface area contributed by atoms with Crippen LogP contribution < -0.4 is 0 Å². The standard InChI is InChI=1S/C22H28F2N2O2S/c1-17(27)16-26-12-10-25(11-13-26)14-15-29(28)22(18-2-6-20(23)7-3-18)19-4-8-21(24)9-5-19/h2-9,17,22,27H,10-16H2,1H3/t17-,29?/m0/s1. The van der Waals surface area contributed by atoms with Crippen molar-refractivity contribution in [2.24, 2.45) is 0 Å². The molecule has 0 spiro atoms. The summed E-state index contributed by atoms with van der Waals surface area (Å²) >= 11 is 0. The molecule has 1 aliphatic rings. The van der Waals surface area contributed by atoms with Crippen molar-refractivity contribution in [3.8, 4) is 0 Å². The van der Waals surface area contributed by atoms with E-state index in [9.17, 15) is 18.1 Å². The first-order chi connectivity index (χ1) is 13.9. The summed E-state index contributed by atoms with van der Waals surface area (Å²) in [5.74, 6) is -0.199. The van der Waals surface area contributed by atoms with Gasteiger partial charge in [-0.05, 0) is 42.3 Å². The summed E-state index contributed by atoms with van der Waals surface area (Å²) in [5.41, 5.74) is 1.52. The topological polar surface area (TPSA) is 43.8 Å². The molecule has 0 bridgehead atoms. The van der Waals surface area contributed by atoms with Crippen LogP contribution in [0.4, 0.5) is 8.78 Å². The Balaban J connectivity index is 1.64. The summed E-state index contributed by atoms with van der Waals surface area (Å²) in [6.45, 7) is 6.70. The number of piperazine rings is 1. The Kier molecular flexibility index (Phi) is 7.89. The lowest BCUT2D eigenvalue weighted by Gasteiger charge is -2.35. The van der Waals surface area contributed by atoms with E-state index in [1.165, 1.54) is 24.3 Å². The third-order valence-electron chi connectivity index (χ3n) is 5.20. The van der Waals surface area contributed by atoms with E-state index in [2.05, 4.69) is 9.80 Å². The largest absolute Gasteiger partial charge is 0.392 e. The average molecular weight is 423 g/mol. The number of rotatable bonds is 8. The van der Waals surface area contributed by atoms with Gasteiger partial charge in [0.2, 0.25) is 0 Å². The monoisotopic (exact) mass is 422 g/mol. The van der Waals surface area contributed by atoms with Crippen LogP contribution in [0.15, 0.2) is 48.5 Å². The van der Waals surface area contributed by atoms with Crippen LogP contribution in [0, 0.1) is 11.6 Å². The number of aliphatic hydroxyl groups is 1. The van der Waals surface area contributed by atoms with Crippen molar-refractivity contribution in [2.75, 3.05) is 45.0 Å². The molecule has 0 aliphatic carbocycles. The van der Waals surface area contributed by atoms with Crippen LogP contribution in [0.2, 0.25) is 0 Å². The number of halogens is 2. The van der Waals surface area contributed by atoms with Crippen LogP contribution in [0.5, 0.6) is 0 Å². The minimum Gasteiger partial charge on any atom is -0.392 e. The van der Waals surface area contributed by atoms with Gasteiger partial charge in [-0.2, -0.15) is 0 Å². The summed E-state index contributed by atoms with van der Waals surface area (Å²) in [6.07, 6.45) is -0.332. The van der Waals surface area contributed by atoms with Crippen molar-refractivity contribution in [1.82, 2.24) is 9.80 Å². The second-order valence-electron chi connectivity index (χ2n) is 7.56. The SMILES string of the molecule is C[C@H](O)CN1CCN(CCS(=O)C(c2ccc(F)cc2)c2ccc(F)cc2)CC1. The molecule has 0 radical (unpaired) electrons. The number of aliphatic hydroxyl groups excluding tert-OH is 1. The van der Waals surface area contributed by atoms with E-state index in [0.29, 0.717) is 18.8 Å². The maximum atomic E-state index is 13.4. The van der Waals surface area contributed by atoms with Gasteiger partial charge >= 0.3 is 0 Å². The lowest BCUT2D eigenvalue weighted by Crippen LogP contribution is -2.49. The van der Waals surface area contributed by atoms with Crippen LogP contribution in [-0.4, -0.2) is 70.2 Å². The normalized spacial score (nSPS) is 18.1. The Hall–Kier alpha value is -1.67. The molecule has 158 valence electrons. The fourth-order valence-electron chi connectivity index (χ4n) is 3.68. The molecule has 1 heterocycles. The second-order valence-corrected chi connectivity index (χ2v) is 9.20. The fraction of sp³-hybridized carbons (Fsp3) is 0.455. The maximum absolute atomic E-state index is 13.4. The molecule has 2 atom stereocenters. The van der Waals surface area contributed by atoms with Crippen LogP contribution in [0.1, 0.15) is 23.3 Å². The van der Waals surface area contributed by atoms with Gasteiger partial charge in [-0.1, -0.05) is 24.3 Å². The van der Waals surface area contributed by atoms with Gasteiger partial charge in [-0.25, -0.2) is 8.78 Å². The van der Waals surface area contributed by atoms with Gasteiger partial charge in [-0.3, -0.25) is 14.0 Å². The average Bonchev–Trinajstić information content (AvgIpc) is 2.70. The number of benzene rings is 2. The molecule has 29 heavy (non-hydrogen) atoms. The molecule has 2 aromatic carbocycles. The van der Waals surface area contributed by atoms with E-state index in [0.717, 1.165) is 37.3 Å². The molecule has 4 nitrogen and oxygen atoms in total. The molecule has 0 amide bonds. The minimum atomic E-state index is -1.23. The molecule has 1 N–H and O–H groups in total. The minimum absolute atomic E-state index is 0.332. The van der Waals surface area contributed by atoms with E-state index < -0.39 is 16.0 Å². The Labute approximate surface area is 173 Å². The molecular weight excluding hydrogens is 394 g/mol. The zero-order valence-corrected chi connectivity index (χ0v) is 17.5. The lowest BCUT2D eigenvalue weighted by molar-refractivity contribution is 0.0832. The molecule has 1 saturated heterocycles. The number of nitrogens with zero attached hydrogens (tertiary/aromatic N) is 2. The highest BCUT2D eigenvalue weighted by atomic mass is 32.2. The summed E-state index contributed by atoms with van der Waals surface area (Å²) in [6, 6.07) is 12.1. The Morgan fingerprint density at radius 2 is 1.34 bits per heavy atom. The lowest BCUT2D eigenvalue weighted by atomic mass is 10.0. The van der Waals surface area contributed by atoms with E-state index in [-0.39, 0.29) is 17.7 Å². The molecule has 2 aromatic rings. The molecule has 1 fully saturated rings. The second kappa shape index (κ2) is 10.4. The highest BCUT2D eigenvalue weighted by Crippen LogP contribution is 2.29. The van der Waals surface area contributed by atoms with Gasteiger partial charge in [0.15, 0.2) is 0 Å². The van der Waals surface area contributed by atoms with Crippen LogP contribution >= 0.6 is 0 Å². The molecule has 1 unspecified atom stereocenters. The van der Waals surface area contributed by atoms with Gasteiger partial charge in [-0.15, -0.1) is 0 Å². The fourth-order valence-corrected chi connectivity index (χ4v) is 5.27. The molecular formula is C22H28F2N2O2S. The van der Waals surface area contributed by atoms with E-state index in [1.807, 2.05) is 0 Å². The van der Waals surface area contributed by atoms with Gasteiger partial charge in [0, 0.05) is 55.8 Å². The molecule has 0 aromatic heterocycles. The van der Waals surface area contributed by atoms with Crippen LogP contribution in [0.25, 0.3) is 0 Å². The zero-order chi connectivity index (χ0) is 20.8. The molecule has 0 saturated carbocycles. The van der Waals surface area contributed by atoms with Crippen molar-refractivity contribution in [1.29, 1.82) is 0 Å². The summed E-state index contributed by atoms with van der Waals surface area (Å²) in [5, 5.41) is 9.09. The summed E-state index contributed by atoms with van der Waals surface area (Å²) in [7, 11) is -1.23. The zero-order valence-electron chi connectivity index (χ0n) is 16.6. The highest BCUT2D eigenvalue weighted by molar-refractivity contribution is 7.85. The highest BCUT2D eigenvalue weighted by Gasteiger charge is 2.23. The molecule has 1 aliphatic heterocycles. The molecule has 7 heteroatoms. The number of β-amino-alcohol motifs (C(OH)–C–C–N with tert-alkyl or cyclic N) is 1. The first kappa shape index (κ1) is 22.0. The number of hydrogen-bond acceptors (Lipinski definition) is 4. The molecule has 3 rings (SSSR count). The van der Waals surface area contributed by atoms with Crippen LogP contribution in [0.3, 0.4) is 0 Å². The first-order valence-corrected chi connectivity index (χ1v) is 11.3. The van der Waals surface area contributed by atoms with Crippen molar-refractivity contribution >= 4 is 10.8 Å². The van der Waals surface area contributed by atoms with Gasteiger partial charge in [0.25, 0.3) is 0 Å². The van der Waals surface area contributed by atoms with E-state index in [4.69, 9.17) is 0 Å². The van der Waals surface area contributed by atoms with Crippen molar-refractivity contribution in [3.05, 3.63) is 71.3 Å². The van der Waals surface area contributed by atoms with Crippen molar-refractivity contribution in [2.45, 2.75) is 18.3 Å². The quantitative estimate of drug-likeness (QED) is 0.711. The summed E-state index contributed by atoms with van der Waals surface area (Å²) < 4.78 is 39.9. The van der Waals surface area contributed by atoms with Crippen molar-refractivity contribution in [3.63, 3.8) is 0 Å². The Morgan fingerprint density at radius 3 is 1.79 bits per heavy atom. The maximum Gasteiger partial charge on any atom is 0.123 e. The van der Waals surface area contributed by atoms with Crippen LogP contribution in [-0.2, 0) is 10.8 Å². The number of hydrogen-bond donors (Lipinski definition) is 1. The van der Waals surface area contributed by atoms with Crippen molar-refractivity contribution < 1.29 is 18.1 Å². The summed E-state index contributed by atoms with van der Waals surface area (Å²) in [4.78, 5) is 4.51. The van der Waals surface area contributed by atoms with Gasteiger partial charge < -0.3 is 5.11 Å². The first-order valence-electron chi connectivity index (χ1n) is 9.93. The van der Waals surface area contributed by atoms with E-state index in [1.54, 1.807) is 31.2 Å². The predicted molar refractivity (Wildman–Crippen MR) is 112 cm³/mol. The smallest absolute Gasteiger partial charge is 0.123 e.